The number of benzene rings is 1. The van der Waals surface area contributed by atoms with Crippen molar-refractivity contribution in [2.75, 3.05) is 17.2 Å². The van der Waals surface area contributed by atoms with E-state index in [0.717, 1.165) is 5.56 Å². The fourth-order valence-corrected chi connectivity index (χ4v) is 2.22. The Morgan fingerprint density at radius 2 is 2.05 bits per heavy atom. The van der Waals surface area contributed by atoms with E-state index >= 15 is 0 Å². The molecule has 2 N–H and O–H groups in total. The number of nitro benzene ring substituents is 1. The third-order valence-electron chi connectivity index (χ3n) is 4.07. The van der Waals surface area contributed by atoms with Crippen LogP contribution in [-0.4, -0.2) is 17.4 Å². The second kappa shape index (κ2) is 6.11. The van der Waals surface area contributed by atoms with Gasteiger partial charge in [0.25, 0.3) is 5.69 Å². The number of nitro groups is 1. The van der Waals surface area contributed by atoms with Gasteiger partial charge in [-0.25, -0.2) is 0 Å². The van der Waals surface area contributed by atoms with Crippen LogP contribution in [0.1, 0.15) is 32.8 Å². The Kier molecular flexibility index (Phi) is 4.45. The molecule has 0 bridgehead atoms. The molecule has 1 aliphatic heterocycles. The van der Waals surface area contributed by atoms with Crippen molar-refractivity contribution in [3.8, 4) is 0 Å². The summed E-state index contributed by atoms with van der Waals surface area (Å²) in [5, 5.41) is 17.1. The van der Waals surface area contributed by atoms with E-state index in [1.54, 1.807) is 6.07 Å². The van der Waals surface area contributed by atoms with Crippen molar-refractivity contribution in [3.63, 3.8) is 0 Å². The predicted molar refractivity (Wildman–Crippen MR) is 82.5 cm³/mol. The van der Waals surface area contributed by atoms with Gasteiger partial charge in [0.15, 0.2) is 0 Å². The van der Waals surface area contributed by atoms with E-state index in [0.29, 0.717) is 42.6 Å². The Hall–Kier alpha value is -2.11. The average molecular weight is 291 g/mol. The van der Waals surface area contributed by atoms with Crippen molar-refractivity contribution < 1.29 is 9.72 Å². The lowest BCUT2D eigenvalue weighted by molar-refractivity contribution is -0.383. The van der Waals surface area contributed by atoms with Gasteiger partial charge in [0, 0.05) is 19.0 Å². The largest absolute Gasteiger partial charge is 0.379 e. The summed E-state index contributed by atoms with van der Waals surface area (Å²) in [6.07, 6.45) is 1.04. The molecule has 1 unspecified atom stereocenters. The minimum atomic E-state index is -0.413. The molecule has 0 fully saturated rings. The Balaban J connectivity index is 2.27. The number of amides is 1. The Morgan fingerprint density at radius 1 is 1.33 bits per heavy atom. The summed E-state index contributed by atoms with van der Waals surface area (Å²) in [7, 11) is 0. The minimum Gasteiger partial charge on any atom is -0.379 e. The normalized spacial score (nSPS) is 15.3. The maximum absolute atomic E-state index is 11.4. The van der Waals surface area contributed by atoms with Crippen LogP contribution in [0.5, 0.6) is 0 Å². The van der Waals surface area contributed by atoms with Gasteiger partial charge in [-0.3, -0.25) is 14.9 Å². The topological polar surface area (TPSA) is 84.3 Å². The van der Waals surface area contributed by atoms with Crippen LogP contribution in [0.15, 0.2) is 12.1 Å². The molecule has 1 aromatic rings. The zero-order valence-corrected chi connectivity index (χ0v) is 12.6. The molecule has 2 rings (SSSR count). The van der Waals surface area contributed by atoms with Gasteiger partial charge in [0.05, 0.1) is 10.6 Å². The molecule has 0 spiro atoms. The van der Waals surface area contributed by atoms with Gasteiger partial charge in [-0.05, 0) is 29.9 Å². The summed E-state index contributed by atoms with van der Waals surface area (Å²) >= 11 is 0. The molecule has 1 atom stereocenters. The third kappa shape index (κ3) is 3.51. The molecule has 114 valence electrons. The summed E-state index contributed by atoms with van der Waals surface area (Å²) in [5.74, 6) is 0.833. The number of nitrogens with one attached hydrogen (secondary N) is 2. The number of nitrogens with zero attached hydrogens (tertiary/aromatic N) is 1. The van der Waals surface area contributed by atoms with E-state index in [2.05, 4.69) is 31.4 Å². The van der Waals surface area contributed by atoms with Crippen LogP contribution in [0, 0.1) is 22.0 Å². The lowest BCUT2D eigenvalue weighted by Crippen LogP contribution is -2.20. The fraction of sp³-hybridized carbons (Fsp3) is 0.533. The standard InChI is InChI=1S/C15H21N3O3/c1-9(2)10(3)8-16-13-6-11-4-5-15(19)17-12(11)7-14(13)18(20)21/h6-7,9-10,16H,4-5,8H2,1-3H3,(H,17,19). The highest BCUT2D eigenvalue weighted by Crippen LogP contribution is 2.34. The number of anilines is 2. The Morgan fingerprint density at radius 3 is 2.67 bits per heavy atom. The first-order valence-electron chi connectivity index (χ1n) is 7.23. The van der Waals surface area contributed by atoms with Crippen molar-refractivity contribution >= 4 is 23.0 Å². The van der Waals surface area contributed by atoms with Crippen LogP contribution in [0.2, 0.25) is 0 Å². The first-order chi connectivity index (χ1) is 9.88. The molecule has 6 heteroatoms. The first kappa shape index (κ1) is 15.3. The quantitative estimate of drug-likeness (QED) is 0.644. The molecule has 1 aromatic carbocycles. The third-order valence-corrected chi connectivity index (χ3v) is 4.07. The summed E-state index contributed by atoms with van der Waals surface area (Å²) in [6.45, 7) is 7.05. The van der Waals surface area contributed by atoms with E-state index in [4.69, 9.17) is 0 Å². The lowest BCUT2D eigenvalue weighted by atomic mass is 9.97. The molecule has 0 aliphatic carbocycles. The molecule has 1 heterocycles. The Labute approximate surface area is 124 Å². The molecule has 0 saturated carbocycles. The van der Waals surface area contributed by atoms with Crippen LogP contribution in [0.4, 0.5) is 17.1 Å². The summed E-state index contributed by atoms with van der Waals surface area (Å²) in [5.41, 5.74) is 2.04. The number of hydrogen-bond donors (Lipinski definition) is 2. The van der Waals surface area contributed by atoms with Gasteiger partial charge in [0.1, 0.15) is 5.69 Å². The van der Waals surface area contributed by atoms with E-state index < -0.39 is 4.92 Å². The van der Waals surface area contributed by atoms with Crippen molar-refractivity contribution in [1.82, 2.24) is 0 Å². The van der Waals surface area contributed by atoms with Crippen LogP contribution >= 0.6 is 0 Å². The van der Waals surface area contributed by atoms with Crippen molar-refractivity contribution in [2.45, 2.75) is 33.6 Å². The molecule has 6 nitrogen and oxygen atoms in total. The molecule has 0 aromatic heterocycles. The highest BCUT2D eigenvalue weighted by molar-refractivity contribution is 5.95. The van der Waals surface area contributed by atoms with Crippen molar-refractivity contribution in [3.05, 3.63) is 27.8 Å². The molecule has 1 aliphatic rings. The predicted octanol–water partition coefficient (Wildman–Crippen LogP) is 3.18. The number of hydrogen-bond acceptors (Lipinski definition) is 4. The molecule has 1 amide bonds. The lowest BCUT2D eigenvalue weighted by Gasteiger charge is -2.20. The van der Waals surface area contributed by atoms with Crippen LogP contribution in [-0.2, 0) is 11.2 Å². The van der Waals surface area contributed by atoms with Gasteiger partial charge in [-0.15, -0.1) is 0 Å². The number of rotatable bonds is 5. The SMILES string of the molecule is CC(C)C(C)CNc1cc2c(cc1[N+](=O)[O-])NC(=O)CC2. The second-order valence-electron chi connectivity index (χ2n) is 5.93. The minimum absolute atomic E-state index is 0.00639. The number of carbonyl (C=O) groups is 1. The zero-order valence-electron chi connectivity index (χ0n) is 12.6. The second-order valence-corrected chi connectivity index (χ2v) is 5.93. The van der Waals surface area contributed by atoms with Gasteiger partial charge in [-0.2, -0.15) is 0 Å². The molecular formula is C15H21N3O3. The number of fused-ring (bicyclic) bond motifs is 1. The summed E-state index contributed by atoms with van der Waals surface area (Å²) in [6, 6.07) is 3.24. The zero-order chi connectivity index (χ0) is 15.6. The van der Waals surface area contributed by atoms with Crippen LogP contribution in [0.3, 0.4) is 0 Å². The summed E-state index contributed by atoms with van der Waals surface area (Å²) in [4.78, 5) is 22.2. The molecule has 0 saturated heterocycles. The number of aryl methyl sites for hydroxylation is 1. The van der Waals surface area contributed by atoms with Gasteiger partial charge in [0.2, 0.25) is 5.91 Å². The monoisotopic (exact) mass is 291 g/mol. The molecular weight excluding hydrogens is 270 g/mol. The van der Waals surface area contributed by atoms with E-state index in [9.17, 15) is 14.9 Å². The van der Waals surface area contributed by atoms with E-state index in [1.165, 1.54) is 6.07 Å². The maximum atomic E-state index is 11.4. The van der Waals surface area contributed by atoms with Crippen molar-refractivity contribution in [1.29, 1.82) is 0 Å². The first-order valence-corrected chi connectivity index (χ1v) is 7.23. The number of carbonyl (C=O) groups excluding carboxylic acids is 1. The highest BCUT2D eigenvalue weighted by atomic mass is 16.6. The van der Waals surface area contributed by atoms with E-state index in [-0.39, 0.29) is 11.6 Å². The van der Waals surface area contributed by atoms with E-state index in [1.807, 2.05) is 0 Å². The fourth-order valence-electron chi connectivity index (χ4n) is 2.22. The molecule has 0 radical (unpaired) electrons. The van der Waals surface area contributed by atoms with Gasteiger partial charge >= 0.3 is 0 Å². The van der Waals surface area contributed by atoms with Crippen molar-refractivity contribution in [2.24, 2.45) is 11.8 Å². The summed E-state index contributed by atoms with van der Waals surface area (Å²) < 4.78 is 0. The maximum Gasteiger partial charge on any atom is 0.294 e. The highest BCUT2D eigenvalue weighted by Gasteiger charge is 2.22. The van der Waals surface area contributed by atoms with Gasteiger partial charge < -0.3 is 10.6 Å². The molecule has 21 heavy (non-hydrogen) atoms. The smallest absolute Gasteiger partial charge is 0.294 e. The average Bonchev–Trinajstić information content (AvgIpc) is 2.43. The van der Waals surface area contributed by atoms with Crippen LogP contribution < -0.4 is 10.6 Å². The Bertz CT molecular complexity index is 570. The van der Waals surface area contributed by atoms with Crippen LogP contribution in [0.25, 0.3) is 0 Å². The van der Waals surface area contributed by atoms with Gasteiger partial charge in [-0.1, -0.05) is 20.8 Å².